The molecule has 0 atom stereocenters. The fourth-order valence-corrected chi connectivity index (χ4v) is 2.66. The van der Waals surface area contributed by atoms with Crippen LogP contribution < -0.4 is 4.72 Å². The highest BCUT2D eigenvalue weighted by Crippen LogP contribution is 2.20. The number of aryl methyl sites for hydroxylation is 1. The number of nitrogens with zero attached hydrogens (tertiary/aromatic N) is 3. The molecule has 21 heavy (non-hydrogen) atoms. The van der Waals surface area contributed by atoms with Gasteiger partial charge in [-0.1, -0.05) is 0 Å². The molecule has 1 aromatic heterocycles. The van der Waals surface area contributed by atoms with Gasteiger partial charge in [0, 0.05) is 37.5 Å². The number of sulfonamides is 1. The first-order valence-corrected chi connectivity index (χ1v) is 7.19. The predicted octanol–water partition coefficient (Wildman–Crippen LogP) is 0.946. The number of aromatic nitrogens is 2. The number of hydrogen-bond acceptors (Lipinski definition) is 5. The van der Waals surface area contributed by atoms with Crippen molar-refractivity contribution in [2.75, 3.05) is 0 Å². The highest BCUT2D eigenvalue weighted by Gasteiger charge is 2.20. The van der Waals surface area contributed by atoms with Gasteiger partial charge in [-0.3, -0.25) is 14.8 Å². The number of nitro benzene ring substituents is 1. The molecule has 2 aromatic rings. The predicted molar refractivity (Wildman–Crippen MR) is 70.3 cm³/mol. The van der Waals surface area contributed by atoms with Crippen molar-refractivity contribution < 1.29 is 17.7 Å². The molecule has 0 unspecified atom stereocenters. The zero-order valence-corrected chi connectivity index (χ0v) is 11.7. The van der Waals surface area contributed by atoms with Gasteiger partial charge in [-0.05, 0) is 6.07 Å². The van der Waals surface area contributed by atoms with Crippen molar-refractivity contribution in [3.63, 3.8) is 0 Å². The Hall–Kier alpha value is -2.33. The zero-order valence-electron chi connectivity index (χ0n) is 10.9. The van der Waals surface area contributed by atoms with Gasteiger partial charge < -0.3 is 0 Å². The summed E-state index contributed by atoms with van der Waals surface area (Å²) in [7, 11) is -2.28. The lowest BCUT2D eigenvalue weighted by Gasteiger charge is -2.05. The quantitative estimate of drug-likeness (QED) is 0.653. The van der Waals surface area contributed by atoms with E-state index >= 15 is 0 Å². The maximum Gasteiger partial charge on any atom is 0.304 e. The molecule has 112 valence electrons. The Balaban J connectivity index is 2.19. The fourth-order valence-electron chi connectivity index (χ4n) is 1.63. The standard InChI is InChI=1S/C11H11FN4O4S/c1-15-7-8(5-13-15)6-14-21(19,20)9-2-3-11(16(17)18)10(12)4-9/h2-5,7,14H,6H2,1H3. The molecule has 0 saturated carbocycles. The smallest absolute Gasteiger partial charge is 0.275 e. The van der Waals surface area contributed by atoms with E-state index in [2.05, 4.69) is 9.82 Å². The molecule has 2 rings (SSSR count). The zero-order chi connectivity index (χ0) is 15.6. The second-order valence-corrected chi connectivity index (χ2v) is 5.98. The normalized spacial score (nSPS) is 11.5. The molecule has 1 heterocycles. The Morgan fingerprint density at radius 2 is 2.19 bits per heavy atom. The van der Waals surface area contributed by atoms with Crippen LogP contribution in [0.1, 0.15) is 5.56 Å². The van der Waals surface area contributed by atoms with Gasteiger partial charge in [0.2, 0.25) is 15.8 Å². The molecule has 0 aliphatic carbocycles. The Kier molecular flexibility index (Phi) is 4.00. The molecule has 0 bridgehead atoms. The highest BCUT2D eigenvalue weighted by atomic mass is 32.2. The van der Waals surface area contributed by atoms with Gasteiger partial charge in [0.05, 0.1) is 16.0 Å². The van der Waals surface area contributed by atoms with Crippen LogP contribution in [0.4, 0.5) is 10.1 Å². The van der Waals surface area contributed by atoms with Crippen molar-refractivity contribution in [1.82, 2.24) is 14.5 Å². The van der Waals surface area contributed by atoms with E-state index in [-0.39, 0.29) is 11.4 Å². The number of nitrogens with one attached hydrogen (secondary N) is 1. The molecular weight excluding hydrogens is 303 g/mol. The maximum absolute atomic E-state index is 13.5. The molecule has 10 heteroatoms. The summed E-state index contributed by atoms with van der Waals surface area (Å²) < 4.78 is 41.2. The van der Waals surface area contributed by atoms with Crippen molar-refractivity contribution >= 4 is 15.7 Å². The van der Waals surface area contributed by atoms with Crippen LogP contribution in [0.2, 0.25) is 0 Å². The lowest BCUT2D eigenvalue weighted by atomic mass is 10.3. The van der Waals surface area contributed by atoms with E-state index in [1.54, 1.807) is 13.2 Å². The van der Waals surface area contributed by atoms with Crippen molar-refractivity contribution in [2.24, 2.45) is 7.05 Å². The summed E-state index contributed by atoms with van der Waals surface area (Å²) in [6.07, 6.45) is 3.11. The SMILES string of the molecule is Cn1cc(CNS(=O)(=O)c2ccc([N+](=O)[O-])c(F)c2)cn1. The second-order valence-electron chi connectivity index (χ2n) is 4.22. The summed E-state index contributed by atoms with van der Waals surface area (Å²) in [6, 6.07) is 2.41. The van der Waals surface area contributed by atoms with E-state index < -0.39 is 26.5 Å². The Labute approximate surface area is 119 Å². The van der Waals surface area contributed by atoms with Crippen molar-refractivity contribution in [3.05, 3.63) is 52.1 Å². The van der Waals surface area contributed by atoms with Gasteiger partial charge in [0.15, 0.2) is 0 Å². The van der Waals surface area contributed by atoms with Crippen LogP contribution in [-0.2, 0) is 23.6 Å². The molecule has 0 saturated heterocycles. The molecule has 0 fully saturated rings. The van der Waals surface area contributed by atoms with Crippen LogP contribution in [0.25, 0.3) is 0 Å². The largest absolute Gasteiger partial charge is 0.304 e. The lowest BCUT2D eigenvalue weighted by Crippen LogP contribution is -2.23. The van der Waals surface area contributed by atoms with Crippen LogP contribution >= 0.6 is 0 Å². The molecule has 0 amide bonds. The third-order valence-corrected chi connectivity index (χ3v) is 4.05. The van der Waals surface area contributed by atoms with Crippen LogP contribution in [0.5, 0.6) is 0 Å². The average Bonchev–Trinajstić information content (AvgIpc) is 2.82. The molecule has 0 aliphatic heterocycles. The first-order chi connectivity index (χ1) is 9.79. The van der Waals surface area contributed by atoms with Gasteiger partial charge in [0.1, 0.15) is 0 Å². The fraction of sp³-hybridized carbons (Fsp3) is 0.182. The summed E-state index contributed by atoms with van der Waals surface area (Å²) >= 11 is 0. The molecule has 1 aromatic carbocycles. The third-order valence-electron chi connectivity index (χ3n) is 2.65. The van der Waals surface area contributed by atoms with Crippen LogP contribution in [0.15, 0.2) is 35.5 Å². The third kappa shape index (κ3) is 3.41. The summed E-state index contributed by atoms with van der Waals surface area (Å²) in [6.45, 7) is -0.0191. The molecular formula is C11H11FN4O4S. The van der Waals surface area contributed by atoms with E-state index in [1.165, 1.54) is 10.9 Å². The van der Waals surface area contributed by atoms with E-state index in [0.717, 1.165) is 12.1 Å². The number of rotatable bonds is 5. The lowest BCUT2D eigenvalue weighted by molar-refractivity contribution is -0.387. The highest BCUT2D eigenvalue weighted by molar-refractivity contribution is 7.89. The maximum atomic E-state index is 13.5. The van der Waals surface area contributed by atoms with Crippen LogP contribution in [0.3, 0.4) is 0 Å². The van der Waals surface area contributed by atoms with E-state index in [4.69, 9.17) is 0 Å². The molecule has 0 spiro atoms. The Morgan fingerprint density at radius 1 is 1.48 bits per heavy atom. The molecule has 8 nitrogen and oxygen atoms in total. The summed E-state index contributed by atoms with van der Waals surface area (Å²) in [5.74, 6) is -1.20. The van der Waals surface area contributed by atoms with E-state index in [9.17, 15) is 22.9 Å². The van der Waals surface area contributed by atoms with E-state index in [1.807, 2.05) is 0 Å². The van der Waals surface area contributed by atoms with E-state index in [0.29, 0.717) is 11.6 Å². The minimum Gasteiger partial charge on any atom is -0.275 e. The van der Waals surface area contributed by atoms with Crippen LogP contribution in [-0.4, -0.2) is 23.1 Å². The molecule has 1 N–H and O–H groups in total. The van der Waals surface area contributed by atoms with Crippen molar-refractivity contribution in [2.45, 2.75) is 11.4 Å². The number of nitro groups is 1. The van der Waals surface area contributed by atoms with Gasteiger partial charge in [0.25, 0.3) is 0 Å². The minimum atomic E-state index is -3.96. The monoisotopic (exact) mass is 314 g/mol. The Morgan fingerprint density at radius 3 is 2.71 bits per heavy atom. The Bertz CT molecular complexity index is 787. The topological polar surface area (TPSA) is 107 Å². The van der Waals surface area contributed by atoms with Crippen LogP contribution in [0, 0.1) is 15.9 Å². The first kappa shape index (κ1) is 15.1. The number of hydrogen-bond donors (Lipinski definition) is 1. The number of benzene rings is 1. The average molecular weight is 314 g/mol. The van der Waals surface area contributed by atoms with Crippen molar-refractivity contribution in [3.8, 4) is 0 Å². The van der Waals surface area contributed by atoms with Gasteiger partial charge in [-0.15, -0.1) is 0 Å². The van der Waals surface area contributed by atoms with Gasteiger partial charge in [-0.25, -0.2) is 13.1 Å². The summed E-state index contributed by atoms with van der Waals surface area (Å²) in [5, 5.41) is 14.4. The van der Waals surface area contributed by atoms with Gasteiger partial charge >= 0.3 is 5.69 Å². The molecule has 0 aliphatic rings. The minimum absolute atomic E-state index is 0.0191. The summed E-state index contributed by atoms with van der Waals surface area (Å²) in [5.41, 5.74) is -0.148. The summed E-state index contributed by atoms with van der Waals surface area (Å²) in [4.78, 5) is 9.19. The molecule has 0 radical (unpaired) electrons. The second kappa shape index (κ2) is 5.58. The van der Waals surface area contributed by atoms with Crippen molar-refractivity contribution in [1.29, 1.82) is 0 Å². The van der Waals surface area contributed by atoms with Gasteiger partial charge in [-0.2, -0.15) is 9.49 Å². The first-order valence-electron chi connectivity index (χ1n) is 5.71. The number of halogens is 1.